The number of hydrogen-bond donors (Lipinski definition) is 2. The lowest BCUT2D eigenvalue weighted by atomic mass is 10.0. The molecule has 2 aromatic carbocycles. The topological polar surface area (TPSA) is 112 Å². The van der Waals surface area contributed by atoms with Crippen LogP contribution in [0.15, 0.2) is 54.6 Å². The lowest BCUT2D eigenvalue weighted by Gasteiger charge is -2.08. The largest absolute Gasteiger partial charge is 0.382 e. The zero-order chi connectivity index (χ0) is 26.6. The Balaban J connectivity index is 1.50. The molecule has 0 fully saturated rings. The van der Waals surface area contributed by atoms with E-state index in [2.05, 4.69) is 35.1 Å². The molecule has 0 spiro atoms. The molecule has 37 heavy (non-hydrogen) atoms. The molecule has 0 saturated carbocycles. The second kappa shape index (κ2) is 18.9. The maximum Gasteiger partial charge on any atom is 0.334 e. The van der Waals surface area contributed by atoms with E-state index in [4.69, 9.17) is 19.0 Å². The van der Waals surface area contributed by atoms with Crippen LogP contribution in [0.25, 0.3) is 0 Å². The number of ether oxygens (including phenoxy) is 3. The van der Waals surface area contributed by atoms with Gasteiger partial charge in [0.2, 0.25) is 5.91 Å². The van der Waals surface area contributed by atoms with E-state index in [-0.39, 0.29) is 38.5 Å². The first-order valence-corrected chi connectivity index (χ1v) is 12.6. The van der Waals surface area contributed by atoms with E-state index in [1.165, 1.54) is 11.1 Å². The highest BCUT2D eigenvalue weighted by Crippen LogP contribution is 2.11. The first kappa shape index (κ1) is 30.0. The first-order chi connectivity index (χ1) is 18.1. The summed E-state index contributed by atoms with van der Waals surface area (Å²) in [6, 6.07) is 18.3. The van der Waals surface area contributed by atoms with Gasteiger partial charge in [0.05, 0.1) is 39.3 Å². The average Bonchev–Trinajstić information content (AvgIpc) is 2.91. The van der Waals surface area contributed by atoms with Crippen molar-refractivity contribution < 1.29 is 33.4 Å². The molecule has 0 atom stereocenters. The minimum absolute atomic E-state index is 0.0774. The summed E-state index contributed by atoms with van der Waals surface area (Å²) in [5.41, 5.74) is 5.57. The number of amides is 2. The van der Waals surface area contributed by atoms with Gasteiger partial charge in [0, 0.05) is 13.7 Å². The number of carbonyl (C=O) groups is 3. The number of rotatable bonds is 18. The molecule has 2 aromatic rings. The van der Waals surface area contributed by atoms with Crippen LogP contribution in [0.1, 0.15) is 36.0 Å². The molecule has 2 N–H and O–H groups in total. The number of nitrogens with one attached hydrogen (secondary N) is 2. The first-order valence-electron chi connectivity index (χ1n) is 12.6. The number of unbranched alkanes of at least 4 members (excludes halogenated alkanes) is 1. The van der Waals surface area contributed by atoms with Crippen molar-refractivity contribution in [1.82, 2.24) is 10.8 Å². The third-order valence-corrected chi connectivity index (χ3v) is 5.38. The number of benzene rings is 2. The second-order valence-electron chi connectivity index (χ2n) is 8.44. The normalized spacial score (nSPS) is 10.6. The molecule has 9 heteroatoms. The van der Waals surface area contributed by atoms with Gasteiger partial charge in [-0.1, -0.05) is 54.6 Å². The molecule has 0 aromatic heterocycles. The lowest BCUT2D eigenvalue weighted by Crippen LogP contribution is -2.33. The lowest BCUT2D eigenvalue weighted by molar-refractivity contribution is -0.158. The van der Waals surface area contributed by atoms with Crippen LogP contribution in [0.5, 0.6) is 0 Å². The SMILES string of the molecule is COCCOCCOCC(=O)NCCC(=O)ONC(=O)Cc1ccc(CCCCc2ccccc2)cc1. The maximum atomic E-state index is 12.1. The van der Waals surface area contributed by atoms with Crippen molar-refractivity contribution in [2.45, 2.75) is 38.5 Å². The Kier molecular flexibility index (Phi) is 15.3. The molecule has 202 valence electrons. The van der Waals surface area contributed by atoms with Gasteiger partial charge in [-0.15, -0.1) is 0 Å². The summed E-state index contributed by atoms with van der Waals surface area (Å²) in [5.74, 6) is -1.42. The van der Waals surface area contributed by atoms with E-state index in [1.54, 1.807) is 7.11 Å². The van der Waals surface area contributed by atoms with Gasteiger partial charge in [-0.2, -0.15) is 5.48 Å². The molecule has 0 saturated heterocycles. The molecule has 0 aliphatic rings. The molecule has 2 amide bonds. The van der Waals surface area contributed by atoms with Gasteiger partial charge in [-0.3, -0.25) is 9.59 Å². The van der Waals surface area contributed by atoms with E-state index < -0.39 is 11.9 Å². The number of aryl methyl sites for hydroxylation is 2. The van der Waals surface area contributed by atoms with E-state index >= 15 is 0 Å². The maximum absolute atomic E-state index is 12.1. The van der Waals surface area contributed by atoms with Crippen molar-refractivity contribution in [2.75, 3.05) is 46.7 Å². The highest BCUT2D eigenvalue weighted by molar-refractivity contribution is 5.80. The van der Waals surface area contributed by atoms with Gasteiger partial charge in [0.15, 0.2) is 0 Å². The fourth-order valence-electron chi connectivity index (χ4n) is 3.40. The fourth-order valence-corrected chi connectivity index (χ4v) is 3.40. The van der Waals surface area contributed by atoms with Crippen LogP contribution >= 0.6 is 0 Å². The molecule has 0 aliphatic carbocycles. The van der Waals surface area contributed by atoms with Gasteiger partial charge >= 0.3 is 5.97 Å². The Morgan fingerprint density at radius 3 is 2.05 bits per heavy atom. The van der Waals surface area contributed by atoms with Crippen LogP contribution in [-0.4, -0.2) is 64.5 Å². The summed E-state index contributed by atoms with van der Waals surface area (Å²) >= 11 is 0. The van der Waals surface area contributed by atoms with Crippen molar-refractivity contribution in [1.29, 1.82) is 0 Å². The van der Waals surface area contributed by atoms with Crippen molar-refractivity contribution in [2.24, 2.45) is 0 Å². The van der Waals surface area contributed by atoms with Crippen molar-refractivity contribution in [3.05, 3.63) is 71.3 Å². The molecular weight excluding hydrogens is 476 g/mol. The summed E-state index contributed by atoms with van der Waals surface area (Å²) in [5, 5.41) is 2.55. The summed E-state index contributed by atoms with van der Waals surface area (Å²) in [6.45, 7) is 1.55. The smallest absolute Gasteiger partial charge is 0.334 e. The van der Waals surface area contributed by atoms with Crippen molar-refractivity contribution in [3.8, 4) is 0 Å². The Hall–Kier alpha value is -3.27. The number of carbonyl (C=O) groups excluding carboxylic acids is 3. The van der Waals surface area contributed by atoms with Crippen LogP contribution in [-0.2, 0) is 52.7 Å². The quantitative estimate of drug-likeness (QED) is 0.232. The Morgan fingerprint density at radius 1 is 0.730 bits per heavy atom. The van der Waals surface area contributed by atoms with E-state index in [9.17, 15) is 14.4 Å². The van der Waals surface area contributed by atoms with E-state index in [0.29, 0.717) is 19.8 Å². The third kappa shape index (κ3) is 14.8. The Bertz CT molecular complexity index is 920. The predicted molar refractivity (Wildman–Crippen MR) is 139 cm³/mol. The molecule has 9 nitrogen and oxygen atoms in total. The second-order valence-corrected chi connectivity index (χ2v) is 8.44. The standard InChI is InChI=1S/C28H38N2O7/c1-34-17-18-35-19-20-36-22-27(32)29-16-15-28(33)37-30-26(31)21-25-13-11-24(12-14-25)10-6-5-9-23-7-3-2-4-8-23/h2-4,7-8,11-14H,5-6,9-10,15-22H2,1H3,(H,29,32)(H,30,31). The molecule has 2 rings (SSSR count). The van der Waals surface area contributed by atoms with Crippen LogP contribution in [0.3, 0.4) is 0 Å². The molecule has 0 radical (unpaired) electrons. The summed E-state index contributed by atoms with van der Waals surface area (Å²) in [7, 11) is 1.59. The van der Waals surface area contributed by atoms with Gasteiger partial charge < -0.3 is 24.4 Å². The molecule has 0 aliphatic heterocycles. The van der Waals surface area contributed by atoms with E-state index in [0.717, 1.165) is 31.2 Å². The van der Waals surface area contributed by atoms with Gasteiger partial charge in [0.1, 0.15) is 6.61 Å². The van der Waals surface area contributed by atoms with Crippen LogP contribution in [0.2, 0.25) is 0 Å². The summed E-state index contributed by atoms with van der Waals surface area (Å²) in [4.78, 5) is 40.3. The molecule has 0 heterocycles. The summed E-state index contributed by atoms with van der Waals surface area (Å²) < 4.78 is 15.2. The fraction of sp³-hybridized carbons (Fsp3) is 0.464. The number of hydroxylamine groups is 1. The van der Waals surface area contributed by atoms with Crippen LogP contribution < -0.4 is 10.8 Å². The van der Waals surface area contributed by atoms with Gasteiger partial charge in [0.25, 0.3) is 5.91 Å². The number of methoxy groups -OCH3 is 1. The highest BCUT2D eigenvalue weighted by Gasteiger charge is 2.09. The van der Waals surface area contributed by atoms with Gasteiger partial charge in [-0.05, 0) is 42.4 Å². The number of hydrogen-bond acceptors (Lipinski definition) is 7. The Labute approximate surface area is 218 Å². The zero-order valence-corrected chi connectivity index (χ0v) is 21.5. The van der Waals surface area contributed by atoms with Crippen LogP contribution in [0, 0.1) is 0 Å². The minimum Gasteiger partial charge on any atom is -0.382 e. The zero-order valence-electron chi connectivity index (χ0n) is 21.5. The van der Waals surface area contributed by atoms with E-state index in [1.807, 2.05) is 30.3 Å². The molecule has 0 bridgehead atoms. The van der Waals surface area contributed by atoms with Crippen molar-refractivity contribution in [3.63, 3.8) is 0 Å². The highest BCUT2D eigenvalue weighted by atomic mass is 16.7. The van der Waals surface area contributed by atoms with Crippen molar-refractivity contribution >= 4 is 17.8 Å². The third-order valence-electron chi connectivity index (χ3n) is 5.38. The monoisotopic (exact) mass is 514 g/mol. The molecule has 0 unspecified atom stereocenters. The molecular formula is C28H38N2O7. The van der Waals surface area contributed by atoms with Gasteiger partial charge in [-0.25, -0.2) is 4.79 Å². The minimum atomic E-state index is -0.646. The van der Waals surface area contributed by atoms with Crippen LogP contribution in [0.4, 0.5) is 0 Å². The average molecular weight is 515 g/mol. The summed E-state index contributed by atoms with van der Waals surface area (Å²) in [6.07, 6.45) is 4.31. The Morgan fingerprint density at radius 2 is 1.35 bits per heavy atom. The predicted octanol–water partition coefficient (Wildman–Crippen LogP) is 2.55.